The number of aromatic nitrogens is 3. The summed E-state index contributed by atoms with van der Waals surface area (Å²) in [5.74, 6) is 0.375. The second-order valence-electron chi connectivity index (χ2n) is 5.89. The molecule has 0 aliphatic carbocycles. The molecule has 2 N–H and O–H groups in total. The van der Waals surface area contributed by atoms with Gasteiger partial charge < -0.3 is 15.2 Å². The first kappa shape index (κ1) is 18.9. The Morgan fingerprint density at radius 2 is 1.93 bits per heavy atom. The molecule has 3 aromatic rings. The molecule has 0 saturated heterocycles. The second-order valence-corrected chi connectivity index (χ2v) is 6.32. The van der Waals surface area contributed by atoms with Gasteiger partial charge in [0.2, 0.25) is 5.82 Å². The molecule has 0 aliphatic rings. The molecule has 0 saturated carbocycles. The van der Waals surface area contributed by atoms with Crippen molar-refractivity contribution in [3.05, 3.63) is 76.8 Å². The first-order chi connectivity index (χ1) is 13.0. The molecule has 0 spiro atoms. The van der Waals surface area contributed by atoms with Gasteiger partial charge in [-0.1, -0.05) is 35.9 Å². The predicted octanol–water partition coefficient (Wildman–Crippen LogP) is 2.60. The van der Waals surface area contributed by atoms with Crippen molar-refractivity contribution in [2.45, 2.75) is 19.2 Å². The normalized spacial score (nSPS) is 11.8. The molecule has 27 heavy (non-hydrogen) atoms. The number of amides is 1. The van der Waals surface area contributed by atoms with Gasteiger partial charge in [0.25, 0.3) is 5.91 Å². The van der Waals surface area contributed by atoms with Gasteiger partial charge in [0.1, 0.15) is 12.1 Å². The number of rotatable bonds is 7. The van der Waals surface area contributed by atoms with Crippen molar-refractivity contribution < 1.29 is 14.6 Å². The lowest BCUT2D eigenvalue weighted by atomic mass is 10.1. The van der Waals surface area contributed by atoms with Gasteiger partial charge in [-0.2, -0.15) is 0 Å². The van der Waals surface area contributed by atoms with Crippen molar-refractivity contribution in [1.82, 2.24) is 20.1 Å². The smallest absolute Gasteiger partial charge is 0.291 e. The van der Waals surface area contributed by atoms with Crippen molar-refractivity contribution >= 4 is 17.5 Å². The third-order valence-electron chi connectivity index (χ3n) is 3.97. The lowest BCUT2D eigenvalue weighted by Gasteiger charge is -2.11. The minimum Gasteiger partial charge on any atom is -0.497 e. The molecule has 1 amide bonds. The SMILES string of the molecule is COc1ccc([C@H](O)Cn2cnc(C(=O)NCc3ccc(Cl)cc3)n2)cc1. The van der Waals surface area contributed by atoms with E-state index < -0.39 is 6.10 Å². The number of nitrogens with zero attached hydrogens (tertiary/aromatic N) is 3. The molecule has 140 valence electrons. The number of ether oxygens (including phenoxy) is 1. The Morgan fingerprint density at radius 3 is 2.59 bits per heavy atom. The van der Waals surface area contributed by atoms with Gasteiger partial charge in [0.15, 0.2) is 0 Å². The molecule has 3 rings (SSSR count). The predicted molar refractivity (Wildman–Crippen MR) is 101 cm³/mol. The van der Waals surface area contributed by atoms with Gasteiger partial charge in [-0.05, 0) is 35.4 Å². The van der Waals surface area contributed by atoms with E-state index in [9.17, 15) is 9.90 Å². The zero-order valence-corrected chi connectivity index (χ0v) is 15.4. The monoisotopic (exact) mass is 386 g/mol. The van der Waals surface area contributed by atoms with Crippen molar-refractivity contribution in [1.29, 1.82) is 0 Å². The highest BCUT2D eigenvalue weighted by molar-refractivity contribution is 6.30. The third-order valence-corrected chi connectivity index (χ3v) is 4.22. The molecule has 1 aromatic heterocycles. The number of hydrogen-bond acceptors (Lipinski definition) is 5. The number of benzene rings is 2. The van der Waals surface area contributed by atoms with Gasteiger partial charge in [-0.15, -0.1) is 5.10 Å². The number of nitrogens with one attached hydrogen (secondary N) is 1. The zero-order valence-electron chi connectivity index (χ0n) is 14.7. The molecule has 0 fully saturated rings. The highest BCUT2D eigenvalue weighted by Gasteiger charge is 2.14. The Hall–Kier alpha value is -2.90. The topological polar surface area (TPSA) is 89.3 Å². The molecule has 8 heteroatoms. The Bertz CT molecular complexity index is 894. The number of hydrogen-bond donors (Lipinski definition) is 2. The average Bonchev–Trinajstić information content (AvgIpc) is 3.16. The number of carbonyl (C=O) groups is 1. The summed E-state index contributed by atoms with van der Waals surface area (Å²) in [6.07, 6.45) is 0.645. The summed E-state index contributed by atoms with van der Waals surface area (Å²) < 4.78 is 6.53. The van der Waals surface area contributed by atoms with E-state index in [-0.39, 0.29) is 18.3 Å². The summed E-state index contributed by atoms with van der Waals surface area (Å²) in [7, 11) is 1.58. The zero-order chi connectivity index (χ0) is 19.2. The van der Waals surface area contributed by atoms with Crippen LogP contribution in [0.3, 0.4) is 0 Å². The molecule has 1 heterocycles. The van der Waals surface area contributed by atoms with E-state index in [0.717, 1.165) is 11.1 Å². The van der Waals surface area contributed by atoms with Gasteiger partial charge >= 0.3 is 0 Å². The third kappa shape index (κ3) is 5.06. The van der Waals surface area contributed by atoms with Crippen molar-refractivity contribution in [3.8, 4) is 5.75 Å². The lowest BCUT2D eigenvalue weighted by molar-refractivity contribution is 0.0938. The maximum absolute atomic E-state index is 12.2. The fourth-order valence-corrected chi connectivity index (χ4v) is 2.58. The van der Waals surface area contributed by atoms with Crippen LogP contribution in [0.1, 0.15) is 27.8 Å². The van der Waals surface area contributed by atoms with Crippen LogP contribution in [0.4, 0.5) is 0 Å². The molecule has 1 atom stereocenters. The minimum absolute atomic E-state index is 0.0471. The van der Waals surface area contributed by atoms with Gasteiger partial charge in [0.05, 0.1) is 19.8 Å². The number of aliphatic hydroxyl groups is 1. The quantitative estimate of drug-likeness (QED) is 0.651. The number of carbonyl (C=O) groups excluding carboxylic acids is 1. The summed E-state index contributed by atoms with van der Waals surface area (Å²) in [6.45, 7) is 0.531. The molecule has 0 radical (unpaired) electrons. The van der Waals surface area contributed by atoms with Gasteiger partial charge in [-0.25, -0.2) is 9.67 Å². The lowest BCUT2D eigenvalue weighted by Crippen LogP contribution is -2.24. The molecule has 7 nitrogen and oxygen atoms in total. The Morgan fingerprint density at radius 1 is 1.22 bits per heavy atom. The van der Waals surface area contributed by atoms with Crippen LogP contribution in [0.15, 0.2) is 54.9 Å². The summed E-state index contributed by atoms with van der Waals surface area (Å²) in [5.41, 5.74) is 1.64. The van der Waals surface area contributed by atoms with E-state index in [2.05, 4.69) is 15.4 Å². The summed E-state index contributed by atoms with van der Waals surface area (Å²) in [4.78, 5) is 16.2. The Labute approximate surface area is 161 Å². The molecule has 0 aliphatic heterocycles. The van der Waals surface area contributed by atoms with E-state index in [4.69, 9.17) is 16.3 Å². The molecular formula is C19H19ClN4O3. The van der Waals surface area contributed by atoms with Crippen LogP contribution in [0.2, 0.25) is 5.02 Å². The number of aliphatic hydroxyl groups excluding tert-OH is 1. The fraction of sp³-hybridized carbons (Fsp3) is 0.211. The van der Waals surface area contributed by atoms with Crippen molar-refractivity contribution in [2.24, 2.45) is 0 Å². The highest BCUT2D eigenvalue weighted by atomic mass is 35.5. The minimum atomic E-state index is -0.775. The molecule has 2 aromatic carbocycles. The van der Waals surface area contributed by atoms with Crippen LogP contribution in [0.5, 0.6) is 5.75 Å². The van der Waals surface area contributed by atoms with E-state index >= 15 is 0 Å². The first-order valence-electron chi connectivity index (χ1n) is 8.29. The van der Waals surface area contributed by atoms with E-state index in [1.54, 1.807) is 43.5 Å². The Balaban J connectivity index is 1.56. The average molecular weight is 387 g/mol. The summed E-state index contributed by atoms with van der Waals surface area (Å²) >= 11 is 5.84. The highest BCUT2D eigenvalue weighted by Crippen LogP contribution is 2.18. The number of halogens is 1. The summed E-state index contributed by atoms with van der Waals surface area (Å²) in [6, 6.07) is 14.3. The van der Waals surface area contributed by atoms with Crippen molar-refractivity contribution in [2.75, 3.05) is 7.11 Å². The molecule has 0 unspecified atom stereocenters. The largest absolute Gasteiger partial charge is 0.497 e. The van der Waals surface area contributed by atoms with Crippen LogP contribution in [-0.4, -0.2) is 32.9 Å². The van der Waals surface area contributed by atoms with E-state index in [0.29, 0.717) is 17.3 Å². The van der Waals surface area contributed by atoms with Crippen LogP contribution < -0.4 is 10.1 Å². The fourth-order valence-electron chi connectivity index (χ4n) is 2.46. The molecule has 0 bridgehead atoms. The van der Waals surface area contributed by atoms with Crippen LogP contribution in [0.25, 0.3) is 0 Å². The van der Waals surface area contributed by atoms with E-state index in [1.165, 1.54) is 11.0 Å². The Kier molecular flexibility index (Phi) is 6.05. The van der Waals surface area contributed by atoms with E-state index in [1.807, 2.05) is 12.1 Å². The molecular weight excluding hydrogens is 368 g/mol. The maximum Gasteiger partial charge on any atom is 0.291 e. The number of methoxy groups -OCH3 is 1. The summed E-state index contributed by atoms with van der Waals surface area (Å²) in [5, 5.41) is 17.8. The first-order valence-corrected chi connectivity index (χ1v) is 8.67. The van der Waals surface area contributed by atoms with Gasteiger partial charge in [0, 0.05) is 11.6 Å². The van der Waals surface area contributed by atoms with Crippen molar-refractivity contribution in [3.63, 3.8) is 0 Å². The van der Waals surface area contributed by atoms with Crippen LogP contribution in [-0.2, 0) is 13.1 Å². The second kappa shape index (κ2) is 8.66. The maximum atomic E-state index is 12.2. The standard InChI is InChI=1S/C19H19ClN4O3/c1-27-16-8-4-14(5-9-16)17(25)11-24-12-22-18(23-24)19(26)21-10-13-2-6-15(20)7-3-13/h2-9,12,17,25H,10-11H2,1H3,(H,21,26)/t17-/m1/s1. The van der Waals surface area contributed by atoms with Gasteiger partial charge in [-0.3, -0.25) is 4.79 Å². The van der Waals surface area contributed by atoms with Crippen LogP contribution >= 0.6 is 11.6 Å². The van der Waals surface area contributed by atoms with Crippen LogP contribution in [0, 0.1) is 0 Å².